The van der Waals surface area contributed by atoms with Gasteiger partial charge in [-0.15, -0.1) is 0 Å². The quantitative estimate of drug-likeness (QED) is 0.653. The molecular weight excluding hydrogens is 242 g/mol. The number of carbonyl (C=O) groups excluding carboxylic acids is 1. The molecular formula is C15H15NO3. The van der Waals surface area contributed by atoms with Crippen molar-refractivity contribution in [3.05, 3.63) is 66.2 Å². The van der Waals surface area contributed by atoms with Crippen LogP contribution in [0.15, 0.2) is 60.7 Å². The third kappa shape index (κ3) is 2.74. The van der Waals surface area contributed by atoms with Gasteiger partial charge >= 0.3 is 0 Å². The standard InChI is InChI=1S/C15H15NO3/c1-15(14(17)16-18,12-8-4-2-5-9-12)19-13-10-6-3-7-11-13/h2-11,18H,1H3,(H,16,17). The number of hydrogen-bond acceptors (Lipinski definition) is 3. The summed E-state index contributed by atoms with van der Waals surface area (Å²) in [5.41, 5.74) is 1.02. The maximum absolute atomic E-state index is 12.0. The molecule has 2 aromatic carbocycles. The maximum atomic E-state index is 12.0. The molecule has 0 aliphatic heterocycles. The molecule has 0 aromatic heterocycles. The molecule has 98 valence electrons. The molecule has 0 aliphatic rings. The highest BCUT2D eigenvalue weighted by Gasteiger charge is 2.37. The van der Waals surface area contributed by atoms with Crippen LogP contribution in [-0.2, 0) is 10.4 Å². The normalized spacial score (nSPS) is 13.4. The fraction of sp³-hybridized carbons (Fsp3) is 0.133. The van der Waals surface area contributed by atoms with Crippen molar-refractivity contribution in [1.29, 1.82) is 0 Å². The van der Waals surface area contributed by atoms with Crippen LogP contribution in [0.4, 0.5) is 0 Å². The van der Waals surface area contributed by atoms with Crippen LogP contribution < -0.4 is 10.2 Å². The molecule has 2 N–H and O–H groups in total. The Morgan fingerprint density at radius 1 is 1.05 bits per heavy atom. The van der Waals surface area contributed by atoms with Crippen LogP contribution >= 0.6 is 0 Å². The number of ether oxygens (including phenoxy) is 1. The number of rotatable bonds is 4. The van der Waals surface area contributed by atoms with Gasteiger partial charge in [0.25, 0.3) is 5.91 Å². The van der Waals surface area contributed by atoms with Gasteiger partial charge in [-0.2, -0.15) is 0 Å². The zero-order valence-corrected chi connectivity index (χ0v) is 10.5. The fourth-order valence-electron chi connectivity index (χ4n) is 1.82. The van der Waals surface area contributed by atoms with Crippen molar-refractivity contribution < 1.29 is 14.7 Å². The van der Waals surface area contributed by atoms with E-state index in [0.29, 0.717) is 11.3 Å². The Kier molecular flexibility index (Phi) is 3.82. The van der Waals surface area contributed by atoms with Gasteiger partial charge < -0.3 is 4.74 Å². The van der Waals surface area contributed by atoms with E-state index in [1.54, 1.807) is 36.7 Å². The van der Waals surface area contributed by atoms with Crippen molar-refractivity contribution in [3.63, 3.8) is 0 Å². The molecule has 4 heteroatoms. The smallest absolute Gasteiger partial charge is 0.291 e. The van der Waals surface area contributed by atoms with Gasteiger partial charge in [-0.05, 0) is 19.1 Å². The minimum atomic E-state index is -1.29. The first-order valence-electron chi connectivity index (χ1n) is 5.91. The summed E-state index contributed by atoms with van der Waals surface area (Å²) in [7, 11) is 0. The number of para-hydroxylation sites is 1. The fourth-order valence-corrected chi connectivity index (χ4v) is 1.82. The molecule has 0 saturated heterocycles. The van der Waals surface area contributed by atoms with E-state index in [4.69, 9.17) is 9.94 Å². The molecule has 1 amide bonds. The summed E-state index contributed by atoms with van der Waals surface area (Å²) < 4.78 is 5.77. The van der Waals surface area contributed by atoms with Crippen LogP contribution in [0.25, 0.3) is 0 Å². The molecule has 0 aliphatic carbocycles. The minimum Gasteiger partial charge on any atom is -0.473 e. The third-order valence-corrected chi connectivity index (χ3v) is 2.92. The van der Waals surface area contributed by atoms with Crippen molar-refractivity contribution >= 4 is 5.91 Å². The van der Waals surface area contributed by atoms with E-state index in [2.05, 4.69) is 0 Å². The Bertz CT molecular complexity index is 542. The monoisotopic (exact) mass is 257 g/mol. The molecule has 0 saturated carbocycles. The minimum absolute atomic E-state index is 0.553. The van der Waals surface area contributed by atoms with E-state index in [1.807, 2.05) is 36.4 Å². The highest BCUT2D eigenvalue weighted by molar-refractivity contribution is 5.85. The van der Waals surface area contributed by atoms with Crippen LogP contribution in [-0.4, -0.2) is 11.1 Å². The second-order valence-electron chi connectivity index (χ2n) is 4.26. The molecule has 0 fully saturated rings. The zero-order chi connectivity index (χ0) is 13.7. The summed E-state index contributed by atoms with van der Waals surface area (Å²) in [6.45, 7) is 1.61. The highest BCUT2D eigenvalue weighted by atomic mass is 16.5. The maximum Gasteiger partial charge on any atom is 0.291 e. The molecule has 0 heterocycles. The molecule has 1 unspecified atom stereocenters. The first kappa shape index (κ1) is 13.1. The number of benzene rings is 2. The number of hydroxylamine groups is 1. The van der Waals surface area contributed by atoms with Crippen molar-refractivity contribution in [1.82, 2.24) is 5.48 Å². The van der Waals surface area contributed by atoms with Gasteiger partial charge in [0.15, 0.2) is 0 Å². The molecule has 2 rings (SSSR count). The predicted molar refractivity (Wildman–Crippen MR) is 70.8 cm³/mol. The van der Waals surface area contributed by atoms with Crippen LogP contribution in [0.2, 0.25) is 0 Å². The zero-order valence-electron chi connectivity index (χ0n) is 10.5. The molecule has 0 spiro atoms. The lowest BCUT2D eigenvalue weighted by atomic mass is 9.95. The van der Waals surface area contributed by atoms with Gasteiger partial charge in [0.2, 0.25) is 5.60 Å². The van der Waals surface area contributed by atoms with E-state index in [1.165, 1.54) is 0 Å². The number of nitrogens with one attached hydrogen (secondary N) is 1. The Labute approximate surface area is 111 Å². The topological polar surface area (TPSA) is 58.6 Å². The van der Waals surface area contributed by atoms with Crippen molar-refractivity contribution in [2.45, 2.75) is 12.5 Å². The SMILES string of the molecule is CC(Oc1ccccc1)(C(=O)NO)c1ccccc1. The lowest BCUT2D eigenvalue weighted by Crippen LogP contribution is -2.45. The highest BCUT2D eigenvalue weighted by Crippen LogP contribution is 2.28. The first-order valence-corrected chi connectivity index (χ1v) is 5.91. The van der Waals surface area contributed by atoms with Crippen molar-refractivity contribution in [2.24, 2.45) is 0 Å². The summed E-state index contributed by atoms with van der Waals surface area (Å²) in [5, 5.41) is 8.93. The van der Waals surface area contributed by atoms with Crippen LogP contribution in [0.3, 0.4) is 0 Å². The molecule has 2 aromatic rings. The van der Waals surface area contributed by atoms with Gasteiger partial charge in [0.1, 0.15) is 5.75 Å². The van der Waals surface area contributed by atoms with Crippen LogP contribution in [0, 0.1) is 0 Å². The largest absolute Gasteiger partial charge is 0.473 e. The van der Waals surface area contributed by atoms with Gasteiger partial charge in [-0.1, -0.05) is 48.5 Å². The number of carbonyl (C=O) groups is 1. The summed E-state index contributed by atoms with van der Waals surface area (Å²) in [6.07, 6.45) is 0. The van der Waals surface area contributed by atoms with Crippen molar-refractivity contribution in [2.75, 3.05) is 0 Å². The second kappa shape index (κ2) is 5.54. The van der Waals surface area contributed by atoms with Crippen LogP contribution in [0.5, 0.6) is 5.75 Å². The second-order valence-corrected chi connectivity index (χ2v) is 4.26. The van der Waals surface area contributed by atoms with Crippen LogP contribution in [0.1, 0.15) is 12.5 Å². The van der Waals surface area contributed by atoms with Gasteiger partial charge in [0, 0.05) is 5.56 Å². The molecule has 0 radical (unpaired) electrons. The van der Waals surface area contributed by atoms with E-state index in [-0.39, 0.29) is 0 Å². The van der Waals surface area contributed by atoms with E-state index >= 15 is 0 Å². The molecule has 4 nitrogen and oxygen atoms in total. The molecule has 19 heavy (non-hydrogen) atoms. The average Bonchev–Trinajstić information content (AvgIpc) is 2.48. The predicted octanol–water partition coefficient (Wildman–Crippen LogP) is 2.49. The third-order valence-electron chi connectivity index (χ3n) is 2.92. The summed E-state index contributed by atoms with van der Waals surface area (Å²) >= 11 is 0. The van der Waals surface area contributed by atoms with Gasteiger partial charge in [0.05, 0.1) is 0 Å². The lowest BCUT2D eigenvalue weighted by Gasteiger charge is -2.28. The van der Waals surface area contributed by atoms with E-state index in [0.717, 1.165) is 0 Å². The van der Waals surface area contributed by atoms with E-state index in [9.17, 15) is 4.79 Å². The summed E-state index contributed by atoms with van der Waals surface area (Å²) in [6, 6.07) is 18.0. The molecule has 1 atom stereocenters. The first-order chi connectivity index (χ1) is 9.16. The Morgan fingerprint density at radius 2 is 1.58 bits per heavy atom. The van der Waals surface area contributed by atoms with Gasteiger partial charge in [-0.3, -0.25) is 10.0 Å². The summed E-state index contributed by atoms with van der Waals surface area (Å²) in [5.74, 6) is -0.0694. The summed E-state index contributed by atoms with van der Waals surface area (Å²) in [4.78, 5) is 12.0. The van der Waals surface area contributed by atoms with E-state index < -0.39 is 11.5 Å². The lowest BCUT2D eigenvalue weighted by molar-refractivity contribution is -0.145. The Morgan fingerprint density at radius 3 is 2.11 bits per heavy atom. The Hall–Kier alpha value is -2.33. The number of amides is 1. The van der Waals surface area contributed by atoms with Crippen molar-refractivity contribution in [3.8, 4) is 5.75 Å². The molecule has 0 bridgehead atoms. The van der Waals surface area contributed by atoms with Gasteiger partial charge in [-0.25, -0.2) is 5.48 Å². The number of hydrogen-bond donors (Lipinski definition) is 2. The average molecular weight is 257 g/mol. The Balaban J connectivity index is 2.39.